The summed E-state index contributed by atoms with van der Waals surface area (Å²) in [6, 6.07) is 16.6. The number of primary amides is 1. The predicted molar refractivity (Wildman–Crippen MR) is 122 cm³/mol. The van der Waals surface area contributed by atoms with Gasteiger partial charge in [0.15, 0.2) is 0 Å². The number of amides is 2. The summed E-state index contributed by atoms with van der Waals surface area (Å²) in [4.78, 5) is 28.8. The van der Waals surface area contributed by atoms with Crippen molar-refractivity contribution in [3.05, 3.63) is 65.2 Å². The average Bonchev–Trinajstić information content (AvgIpc) is 2.81. The number of rotatable bonds is 5. The Morgan fingerprint density at radius 2 is 1.81 bits per heavy atom. The number of hydrogen-bond donors (Lipinski definition) is 1. The quantitative estimate of drug-likeness (QED) is 0.750. The molecule has 1 aliphatic heterocycles. The molecule has 1 saturated heterocycles. The van der Waals surface area contributed by atoms with Crippen LogP contribution in [0.4, 0.5) is 5.69 Å². The number of carbonyl (C=O) groups is 2. The third-order valence-corrected chi connectivity index (χ3v) is 7.91. The average molecular weight is 418 g/mol. The summed E-state index contributed by atoms with van der Waals surface area (Å²) < 4.78 is 0. The highest BCUT2D eigenvalue weighted by atomic mass is 16.2. The van der Waals surface area contributed by atoms with Crippen LogP contribution in [0.2, 0.25) is 0 Å². The van der Waals surface area contributed by atoms with Crippen molar-refractivity contribution in [2.24, 2.45) is 5.73 Å². The third kappa shape index (κ3) is 3.35. The Morgan fingerprint density at radius 1 is 1.03 bits per heavy atom. The second kappa shape index (κ2) is 8.12. The molecule has 5 nitrogen and oxygen atoms in total. The van der Waals surface area contributed by atoms with Crippen LogP contribution >= 0.6 is 0 Å². The number of anilines is 1. The number of para-hydroxylation sites is 1. The fourth-order valence-corrected chi connectivity index (χ4v) is 6.31. The number of hydrogen-bond acceptors (Lipinski definition) is 3. The maximum atomic E-state index is 12.7. The molecule has 0 bridgehead atoms. The fraction of sp³-hybridized carbons (Fsp3) is 0.462. The molecule has 2 N–H and O–H groups in total. The molecule has 2 aromatic carbocycles. The van der Waals surface area contributed by atoms with Crippen molar-refractivity contribution in [3.63, 3.8) is 0 Å². The van der Waals surface area contributed by atoms with Crippen molar-refractivity contribution in [1.82, 2.24) is 4.90 Å². The molecular formula is C26H31N3O2. The smallest absolute Gasteiger partial charge is 0.243 e. The van der Waals surface area contributed by atoms with Gasteiger partial charge in [0.25, 0.3) is 0 Å². The van der Waals surface area contributed by atoms with Crippen LogP contribution in [0.25, 0.3) is 0 Å². The molecule has 1 fully saturated rings. The van der Waals surface area contributed by atoms with E-state index in [-0.39, 0.29) is 0 Å². The Kier molecular flexibility index (Phi) is 5.30. The van der Waals surface area contributed by atoms with E-state index in [1.165, 1.54) is 43.2 Å². The van der Waals surface area contributed by atoms with Crippen LogP contribution in [0.1, 0.15) is 67.2 Å². The van der Waals surface area contributed by atoms with Crippen LogP contribution in [0.5, 0.6) is 0 Å². The molecule has 1 heterocycles. The first-order valence-electron chi connectivity index (χ1n) is 11.6. The topological polar surface area (TPSA) is 66.6 Å². The lowest BCUT2D eigenvalue weighted by atomic mass is 9.71. The molecule has 0 unspecified atom stereocenters. The normalized spacial score (nSPS) is 24.8. The van der Waals surface area contributed by atoms with Crippen LogP contribution in [-0.4, -0.2) is 35.8 Å². The number of nitrogens with zero attached hydrogens (tertiary/aromatic N) is 2. The standard InChI is InChI=1S/C26H31N3O2/c27-25(31)26(29(18-30)21-9-2-1-3-10-21)14-16-28(17-15-26)23-13-12-20-7-4-6-19-8-5-11-22(23)24(19)20/h1-3,5,8-11,18,20,23H,4,6-7,12-17H2,(H2,27,31)/t20-,23+/m0/s1. The summed E-state index contributed by atoms with van der Waals surface area (Å²) in [6.45, 7) is 1.53. The molecule has 31 heavy (non-hydrogen) atoms. The van der Waals surface area contributed by atoms with E-state index in [4.69, 9.17) is 5.73 Å². The monoisotopic (exact) mass is 417 g/mol. The highest BCUT2D eigenvalue weighted by Crippen LogP contribution is 2.47. The summed E-state index contributed by atoms with van der Waals surface area (Å²) >= 11 is 0. The van der Waals surface area contributed by atoms with E-state index in [2.05, 4.69) is 23.1 Å². The molecule has 2 aliphatic carbocycles. The molecule has 3 aliphatic rings. The fourth-order valence-electron chi connectivity index (χ4n) is 6.31. The number of aryl methyl sites for hydroxylation is 1. The molecule has 0 saturated carbocycles. The van der Waals surface area contributed by atoms with Crippen molar-refractivity contribution in [3.8, 4) is 0 Å². The van der Waals surface area contributed by atoms with E-state index in [1.54, 1.807) is 10.5 Å². The van der Waals surface area contributed by atoms with Gasteiger partial charge >= 0.3 is 0 Å². The number of piperidine rings is 1. The first kappa shape index (κ1) is 20.3. The minimum absolute atomic E-state index is 0.400. The summed E-state index contributed by atoms with van der Waals surface area (Å²) in [7, 11) is 0. The lowest BCUT2D eigenvalue weighted by Gasteiger charge is -2.48. The van der Waals surface area contributed by atoms with Gasteiger partial charge in [0.05, 0.1) is 0 Å². The van der Waals surface area contributed by atoms with E-state index in [9.17, 15) is 9.59 Å². The molecule has 5 heteroatoms. The van der Waals surface area contributed by atoms with Gasteiger partial charge in [-0.25, -0.2) is 0 Å². The van der Waals surface area contributed by atoms with E-state index in [0.717, 1.165) is 25.2 Å². The highest BCUT2D eigenvalue weighted by molar-refractivity contribution is 5.95. The zero-order valence-electron chi connectivity index (χ0n) is 18.0. The summed E-state index contributed by atoms with van der Waals surface area (Å²) in [5, 5.41) is 0. The van der Waals surface area contributed by atoms with E-state index >= 15 is 0 Å². The van der Waals surface area contributed by atoms with E-state index in [0.29, 0.717) is 24.8 Å². The van der Waals surface area contributed by atoms with E-state index in [1.807, 2.05) is 30.3 Å². The van der Waals surface area contributed by atoms with E-state index < -0.39 is 11.4 Å². The molecule has 2 aromatic rings. The molecule has 2 amide bonds. The molecule has 5 rings (SSSR count). The zero-order chi connectivity index (χ0) is 21.4. The zero-order valence-corrected chi connectivity index (χ0v) is 18.0. The number of benzene rings is 2. The second-order valence-electron chi connectivity index (χ2n) is 9.35. The van der Waals surface area contributed by atoms with Gasteiger partial charge in [-0.3, -0.25) is 19.4 Å². The van der Waals surface area contributed by atoms with Crippen molar-refractivity contribution in [2.75, 3.05) is 18.0 Å². The number of likely N-dealkylation sites (tertiary alicyclic amines) is 1. The maximum Gasteiger partial charge on any atom is 0.243 e. The van der Waals surface area contributed by atoms with Crippen molar-refractivity contribution < 1.29 is 9.59 Å². The van der Waals surface area contributed by atoms with Crippen molar-refractivity contribution >= 4 is 18.0 Å². The minimum Gasteiger partial charge on any atom is -0.368 e. The lowest BCUT2D eigenvalue weighted by molar-refractivity contribution is -0.127. The Hall–Kier alpha value is -2.66. The SMILES string of the molecule is NC(=O)C1(N(C=O)c2ccccc2)CCN([C@@H]2CC[C@@H]3CCCc4cccc2c43)CC1. The molecular weight excluding hydrogens is 386 g/mol. The van der Waals surface area contributed by atoms with Gasteiger partial charge in [0.2, 0.25) is 12.3 Å². The van der Waals surface area contributed by atoms with Crippen LogP contribution in [0.3, 0.4) is 0 Å². The van der Waals surface area contributed by atoms with Gasteiger partial charge in [0, 0.05) is 24.8 Å². The predicted octanol–water partition coefficient (Wildman–Crippen LogP) is 3.92. The van der Waals surface area contributed by atoms with Crippen molar-refractivity contribution in [2.45, 2.75) is 62.4 Å². The Morgan fingerprint density at radius 3 is 2.52 bits per heavy atom. The first-order chi connectivity index (χ1) is 15.1. The molecule has 0 aromatic heterocycles. The van der Waals surface area contributed by atoms with Crippen LogP contribution in [0.15, 0.2) is 48.5 Å². The van der Waals surface area contributed by atoms with Gasteiger partial charge in [-0.1, -0.05) is 36.4 Å². The Bertz CT molecular complexity index is 966. The summed E-state index contributed by atoms with van der Waals surface area (Å²) in [6.07, 6.45) is 8.12. The van der Waals surface area contributed by atoms with Crippen molar-refractivity contribution in [1.29, 1.82) is 0 Å². The molecule has 162 valence electrons. The molecule has 0 radical (unpaired) electrons. The third-order valence-electron chi connectivity index (χ3n) is 7.91. The number of carbonyl (C=O) groups excluding carboxylic acids is 2. The largest absolute Gasteiger partial charge is 0.368 e. The van der Waals surface area contributed by atoms with Crippen LogP contribution in [-0.2, 0) is 16.0 Å². The van der Waals surface area contributed by atoms with Crippen LogP contribution < -0.4 is 10.6 Å². The lowest BCUT2D eigenvalue weighted by Crippen LogP contribution is -2.62. The van der Waals surface area contributed by atoms with Gasteiger partial charge in [0.1, 0.15) is 5.54 Å². The minimum atomic E-state index is -0.965. The van der Waals surface area contributed by atoms with Gasteiger partial charge < -0.3 is 5.73 Å². The summed E-state index contributed by atoms with van der Waals surface area (Å²) in [5.41, 5.74) is 10.3. The second-order valence-corrected chi connectivity index (χ2v) is 9.35. The van der Waals surface area contributed by atoms with Crippen LogP contribution in [0, 0.1) is 0 Å². The van der Waals surface area contributed by atoms with Gasteiger partial charge in [-0.05, 0) is 79.7 Å². The first-order valence-corrected chi connectivity index (χ1v) is 11.6. The van der Waals surface area contributed by atoms with Gasteiger partial charge in [-0.2, -0.15) is 0 Å². The maximum absolute atomic E-state index is 12.7. The summed E-state index contributed by atoms with van der Waals surface area (Å²) in [5.74, 6) is 0.304. The molecule has 2 atom stereocenters. The Balaban J connectivity index is 1.40. The molecule has 0 spiro atoms. The highest BCUT2D eigenvalue weighted by Gasteiger charge is 2.47. The number of nitrogens with two attached hydrogens (primary N) is 1. The van der Waals surface area contributed by atoms with Gasteiger partial charge in [-0.15, -0.1) is 0 Å². The Labute approximate surface area is 184 Å².